The van der Waals surface area contributed by atoms with Gasteiger partial charge in [-0.1, -0.05) is 6.92 Å². The lowest BCUT2D eigenvalue weighted by molar-refractivity contribution is 0.173. The number of nitrogens with zero attached hydrogens (tertiary/aromatic N) is 2. The van der Waals surface area contributed by atoms with Crippen LogP contribution in [0.25, 0.3) is 11.2 Å². The first kappa shape index (κ1) is 14.3. The van der Waals surface area contributed by atoms with Crippen molar-refractivity contribution in [2.45, 2.75) is 32.4 Å². The summed E-state index contributed by atoms with van der Waals surface area (Å²) in [7, 11) is 0. The van der Waals surface area contributed by atoms with Gasteiger partial charge in [0.1, 0.15) is 0 Å². The predicted molar refractivity (Wildman–Crippen MR) is 79.3 cm³/mol. The van der Waals surface area contributed by atoms with Crippen LogP contribution in [-0.2, 0) is 11.3 Å². The van der Waals surface area contributed by atoms with Gasteiger partial charge in [0.15, 0.2) is 11.2 Å². The predicted octanol–water partition coefficient (Wildman–Crippen LogP) is 1.39. The second-order valence-corrected chi connectivity index (χ2v) is 5.49. The van der Waals surface area contributed by atoms with E-state index in [0.29, 0.717) is 23.7 Å². The molecule has 1 fully saturated rings. The van der Waals surface area contributed by atoms with Crippen LogP contribution >= 0.6 is 0 Å². The monoisotopic (exact) mass is 291 g/mol. The van der Waals surface area contributed by atoms with Gasteiger partial charge in [-0.15, -0.1) is 0 Å². The molecule has 0 aromatic carbocycles. The molecule has 0 spiro atoms. The van der Waals surface area contributed by atoms with Crippen molar-refractivity contribution in [2.24, 2.45) is 5.92 Å². The van der Waals surface area contributed by atoms with Crippen molar-refractivity contribution in [3.63, 3.8) is 0 Å². The van der Waals surface area contributed by atoms with E-state index < -0.39 is 0 Å². The van der Waals surface area contributed by atoms with Crippen LogP contribution in [0.15, 0.2) is 27.5 Å². The number of hydrogen-bond acceptors (Lipinski definition) is 5. The molecular formula is C15H21N3O3. The zero-order chi connectivity index (χ0) is 14.7. The standard InChI is InChI=1S/C15H21N3O3/c1-2-6-16-12(11-5-8-20-10-11)9-18-14-13(21-15(18)19)4-3-7-17-14/h3-4,7,11-12,16H,2,5-6,8-10H2,1H3. The van der Waals surface area contributed by atoms with Crippen LogP contribution in [0, 0.1) is 5.92 Å². The lowest BCUT2D eigenvalue weighted by Crippen LogP contribution is -2.42. The summed E-state index contributed by atoms with van der Waals surface area (Å²) in [5.41, 5.74) is 1.16. The summed E-state index contributed by atoms with van der Waals surface area (Å²) >= 11 is 0. The molecule has 1 N–H and O–H groups in total. The van der Waals surface area contributed by atoms with E-state index in [1.165, 1.54) is 0 Å². The van der Waals surface area contributed by atoms with Crippen molar-refractivity contribution in [2.75, 3.05) is 19.8 Å². The molecule has 0 saturated carbocycles. The van der Waals surface area contributed by atoms with Crippen LogP contribution in [0.1, 0.15) is 19.8 Å². The minimum absolute atomic E-state index is 0.202. The maximum absolute atomic E-state index is 12.1. The quantitative estimate of drug-likeness (QED) is 0.871. The van der Waals surface area contributed by atoms with Gasteiger partial charge in [0, 0.05) is 31.3 Å². The van der Waals surface area contributed by atoms with Crippen LogP contribution in [0.3, 0.4) is 0 Å². The van der Waals surface area contributed by atoms with Gasteiger partial charge >= 0.3 is 5.76 Å². The van der Waals surface area contributed by atoms with E-state index in [1.807, 2.05) is 0 Å². The first-order valence-electron chi connectivity index (χ1n) is 7.55. The normalized spacial score (nSPS) is 20.1. The van der Waals surface area contributed by atoms with Crippen LogP contribution in [0.5, 0.6) is 0 Å². The molecular weight excluding hydrogens is 270 g/mol. The van der Waals surface area contributed by atoms with Crippen LogP contribution in [0.4, 0.5) is 0 Å². The highest BCUT2D eigenvalue weighted by Crippen LogP contribution is 2.19. The number of pyridine rings is 1. The zero-order valence-electron chi connectivity index (χ0n) is 12.2. The van der Waals surface area contributed by atoms with Gasteiger partial charge in [-0.25, -0.2) is 9.78 Å². The molecule has 114 valence electrons. The summed E-state index contributed by atoms with van der Waals surface area (Å²) in [5.74, 6) is 0.0861. The molecule has 2 aromatic heterocycles. The molecule has 1 saturated heterocycles. The maximum Gasteiger partial charge on any atom is 0.421 e. The van der Waals surface area contributed by atoms with Crippen molar-refractivity contribution < 1.29 is 9.15 Å². The first-order valence-corrected chi connectivity index (χ1v) is 7.55. The Bertz CT molecular complexity index is 643. The highest BCUT2D eigenvalue weighted by Gasteiger charge is 2.27. The molecule has 2 atom stereocenters. The minimum Gasteiger partial charge on any atom is -0.406 e. The summed E-state index contributed by atoms with van der Waals surface area (Å²) < 4.78 is 12.4. The number of nitrogens with one attached hydrogen (secondary N) is 1. The second-order valence-electron chi connectivity index (χ2n) is 5.49. The van der Waals surface area contributed by atoms with Crippen molar-refractivity contribution in [1.29, 1.82) is 0 Å². The Morgan fingerprint density at radius 1 is 1.57 bits per heavy atom. The van der Waals surface area contributed by atoms with Gasteiger partial charge in [-0.05, 0) is 31.5 Å². The Balaban J connectivity index is 1.86. The summed E-state index contributed by atoms with van der Waals surface area (Å²) in [6.45, 7) is 5.18. The first-order chi connectivity index (χ1) is 10.3. The van der Waals surface area contributed by atoms with Crippen molar-refractivity contribution in [3.05, 3.63) is 28.9 Å². The van der Waals surface area contributed by atoms with Gasteiger partial charge < -0.3 is 14.5 Å². The highest BCUT2D eigenvalue weighted by molar-refractivity contribution is 5.67. The topological polar surface area (TPSA) is 69.3 Å². The Labute approximate surface area is 123 Å². The molecule has 21 heavy (non-hydrogen) atoms. The van der Waals surface area contributed by atoms with Crippen LogP contribution in [-0.4, -0.2) is 35.4 Å². The van der Waals surface area contributed by atoms with Gasteiger partial charge in [-0.3, -0.25) is 4.57 Å². The SMILES string of the molecule is CCCNC(Cn1c(=O)oc2cccnc21)C1CCOC1. The van der Waals surface area contributed by atoms with Crippen molar-refractivity contribution in [3.8, 4) is 0 Å². The third-order valence-electron chi connectivity index (χ3n) is 3.99. The van der Waals surface area contributed by atoms with E-state index in [-0.39, 0.29) is 11.8 Å². The number of ether oxygens (including phenoxy) is 1. The average Bonchev–Trinajstić information content (AvgIpc) is 3.11. The van der Waals surface area contributed by atoms with Gasteiger partial charge in [-0.2, -0.15) is 0 Å². The van der Waals surface area contributed by atoms with E-state index in [4.69, 9.17) is 9.15 Å². The molecule has 3 heterocycles. The molecule has 3 rings (SSSR count). The molecule has 0 aliphatic carbocycles. The molecule has 0 bridgehead atoms. The third-order valence-corrected chi connectivity index (χ3v) is 3.99. The molecule has 2 unspecified atom stereocenters. The van der Waals surface area contributed by atoms with Gasteiger partial charge in [0.05, 0.1) is 6.61 Å². The smallest absolute Gasteiger partial charge is 0.406 e. The Hall–Kier alpha value is -1.66. The van der Waals surface area contributed by atoms with E-state index in [9.17, 15) is 4.79 Å². The van der Waals surface area contributed by atoms with Crippen LogP contribution < -0.4 is 11.1 Å². The zero-order valence-corrected chi connectivity index (χ0v) is 12.2. The van der Waals surface area contributed by atoms with Crippen molar-refractivity contribution >= 4 is 11.2 Å². The maximum atomic E-state index is 12.1. The fraction of sp³-hybridized carbons (Fsp3) is 0.600. The van der Waals surface area contributed by atoms with Crippen LogP contribution in [0.2, 0.25) is 0 Å². The largest absolute Gasteiger partial charge is 0.421 e. The molecule has 0 radical (unpaired) electrons. The van der Waals surface area contributed by atoms with Crippen molar-refractivity contribution in [1.82, 2.24) is 14.9 Å². The minimum atomic E-state index is -0.342. The Kier molecular flexibility index (Phi) is 4.36. The lowest BCUT2D eigenvalue weighted by atomic mass is 9.98. The molecule has 6 heteroatoms. The van der Waals surface area contributed by atoms with E-state index in [0.717, 1.165) is 32.6 Å². The second kappa shape index (κ2) is 6.41. The fourth-order valence-corrected chi connectivity index (χ4v) is 2.84. The van der Waals surface area contributed by atoms with Gasteiger partial charge in [0.25, 0.3) is 0 Å². The Morgan fingerprint density at radius 2 is 2.48 bits per heavy atom. The van der Waals surface area contributed by atoms with E-state index in [1.54, 1.807) is 22.9 Å². The summed E-state index contributed by atoms with van der Waals surface area (Å²) in [6.07, 6.45) is 3.77. The molecule has 1 aliphatic heterocycles. The molecule has 1 aliphatic rings. The lowest BCUT2D eigenvalue weighted by Gasteiger charge is -2.23. The van der Waals surface area contributed by atoms with E-state index >= 15 is 0 Å². The fourth-order valence-electron chi connectivity index (χ4n) is 2.84. The summed E-state index contributed by atoms with van der Waals surface area (Å²) in [4.78, 5) is 16.3. The number of hydrogen-bond donors (Lipinski definition) is 1. The van der Waals surface area contributed by atoms with E-state index in [2.05, 4.69) is 17.2 Å². The number of aromatic nitrogens is 2. The van der Waals surface area contributed by atoms with Gasteiger partial charge in [0.2, 0.25) is 0 Å². The average molecular weight is 291 g/mol. The summed E-state index contributed by atoms with van der Waals surface area (Å²) in [6, 6.07) is 3.74. The molecule has 2 aromatic rings. The number of fused-ring (bicyclic) bond motifs is 1. The summed E-state index contributed by atoms with van der Waals surface area (Å²) in [5, 5.41) is 3.53. The third kappa shape index (κ3) is 3.01. The number of oxazole rings is 1. The Morgan fingerprint density at radius 3 is 3.24 bits per heavy atom. The highest BCUT2D eigenvalue weighted by atomic mass is 16.5. The number of rotatable bonds is 6. The molecule has 0 amide bonds. The molecule has 6 nitrogen and oxygen atoms in total.